The minimum atomic E-state index is -1.92. The van der Waals surface area contributed by atoms with Crippen LogP contribution in [0.2, 0.25) is 18.1 Å². The second-order valence-electron chi connectivity index (χ2n) is 7.26. The third-order valence-corrected chi connectivity index (χ3v) is 8.76. The zero-order valence-electron chi connectivity index (χ0n) is 13.8. The Hall–Kier alpha value is -0.613. The van der Waals surface area contributed by atoms with Crippen molar-refractivity contribution < 1.29 is 9.22 Å². The van der Waals surface area contributed by atoms with Crippen molar-refractivity contribution in [1.29, 1.82) is 0 Å². The lowest BCUT2D eigenvalue weighted by atomic mass is 9.84. The number of carbonyl (C=O) groups excluding carboxylic acids is 1. The first-order valence-corrected chi connectivity index (χ1v) is 9.86. The van der Waals surface area contributed by atoms with Gasteiger partial charge in [0.25, 0.3) is 0 Å². The third-order valence-electron chi connectivity index (χ3n) is 4.27. The summed E-state index contributed by atoms with van der Waals surface area (Å²) < 4.78 is 6.42. The van der Waals surface area contributed by atoms with Crippen LogP contribution < -0.4 is 5.73 Å². The summed E-state index contributed by atoms with van der Waals surface area (Å²) in [7, 11) is -1.92. The lowest BCUT2D eigenvalue weighted by Gasteiger charge is -2.43. The molecule has 0 aliphatic rings. The fourth-order valence-electron chi connectivity index (χ4n) is 1.44. The maximum atomic E-state index is 11.7. The highest BCUT2D eigenvalue weighted by Crippen LogP contribution is 2.40. The quantitative estimate of drug-likeness (QED) is 0.595. The molecule has 0 radical (unpaired) electrons. The van der Waals surface area contributed by atoms with E-state index in [1.165, 1.54) is 0 Å². The number of nitrogens with two attached hydrogens (primary N) is 1. The Labute approximate surface area is 119 Å². The summed E-state index contributed by atoms with van der Waals surface area (Å²) in [6, 6.07) is 0. The lowest BCUT2D eigenvalue weighted by molar-refractivity contribution is -0.131. The number of primary amides is 1. The average Bonchev–Trinajstić information content (AvgIpc) is 2.21. The van der Waals surface area contributed by atoms with Gasteiger partial charge < -0.3 is 10.2 Å². The predicted octanol–water partition coefficient (Wildman–Crippen LogP) is 3.85. The lowest BCUT2D eigenvalue weighted by Crippen LogP contribution is -2.51. The van der Waals surface area contributed by atoms with Gasteiger partial charge in [-0.15, -0.1) is 0 Å². The first-order valence-electron chi connectivity index (χ1n) is 6.95. The van der Waals surface area contributed by atoms with Crippen molar-refractivity contribution in [2.45, 2.75) is 72.2 Å². The van der Waals surface area contributed by atoms with Crippen LogP contribution in [0.4, 0.5) is 0 Å². The molecular formula is C15H31NO2Si. The van der Waals surface area contributed by atoms with E-state index < -0.39 is 13.7 Å². The molecule has 0 aliphatic carbocycles. The minimum Gasteiger partial charge on any atom is -0.413 e. The summed E-state index contributed by atoms with van der Waals surface area (Å²) in [6.45, 7) is 16.7. The Morgan fingerprint density at radius 1 is 1.26 bits per heavy atom. The van der Waals surface area contributed by atoms with E-state index in [0.717, 1.165) is 6.42 Å². The molecule has 0 aromatic heterocycles. The maximum Gasteiger partial charge on any atom is 0.225 e. The van der Waals surface area contributed by atoms with E-state index in [0.29, 0.717) is 0 Å². The molecule has 3 nitrogen and oxygen atoms in total. The van der Waals surface area contributed by atoms with Crippen molar-refractivity contribution in [3.63, 3.8) is 0 Å². The van der Waals surface area contributed by atoms with Gasteiger partial charge in [-0.1, -0.05) is 32.9 Å². The predicted molar refractivity (Wildman–Crippen MR) is 84.5 cm³/mol. The Kier molecular flexibility index (Phi) is 6.02. The van der Waals surface area contributed by atoms with Crippen LogP contribution in [0.25, 0.3) is 0 Å². The number of amides is 1. The Bertz CT molecular complexity index is 341. The molecule has 1 atom stereocenters. The van der Waals surface area contributed by atoms with Crippen LogP contribution in [0.3, 0.4) is 0 Å². The minimum absolute atomic E-state index is 0.120. The Balaban J connectivity index is 5.25. The van der Waals surface area contributed by atoms with Gasteiger partial charge in [0, 0.05) is 0 Å². The summed E-state index contributed by atoms with van der Waals surface area (Å²) in [4.78, 5) is 11.7. The molecule has 0 saturated carbocycles. The Morgan fingerprint density at radius 3 is 2.05 bits per heavy atom. The van der Waals surface area contributed by atoms with Crippen LogP contribution in [-0.4, -0.2) is 20.3 Å². The van der Waals surface area contributed by atoms with E-state index >= 15 is 0 Å². The van der Waals surface area contributed by atoms with Crippen molar-refractivity contribution in [3.8, 4) is 0 Å². The van der Waals surface area contributed by atoms with Gasteiger partial charge in [0.1, 0.15) is 0 Å². The van der Waals surface area contributed by atoms with E-state index in [-0.39, 0.29) is 17.0 Å². The van der Waals surface area contributed by atoms with Gasteiger partial charge in [0.2, 0.25) is 5.91 Å². The largest absolute Gasteiger partial charge is 0.413 e. The van der Waals surface area contributed by atoms with E-state index in [4.69, 9.17) is 10.2 Å². The standard InChI is InChI=1S/C15H31NO2Si/c1-9-10-11-12(15(5,6)13(16)17)18-19(7,8)14(2,3)4/h9-10,12H,11H2,1-8H3,(H2,16,17). The monoisotopic (exact) mass is 285 g/mol. The number of allylic oxidation sites excluding steroid dienone is 1. The number of carbonyl (C=O) groups is 1. The first-order chi connectivity index (χ1) is 8.36. The highest BCUT2D eigenvalue weighted by atomic mass is 28.4. The summed E-state index contributed by atoms with van der Waals surface area (Å²) in [6.07, 6.45) is 4.59. The van der Waals surface area contributed by atoms with Crippen LogP contribution in [0, 0.1) is 5.41 Å². The van der Waals surface area contributed by atoms with Crippen LogP contribution in [0.5, 0.6) is 0 Å². The SMILES string of the molecule is CC=CCC(O[Si](C)(C)C(C)(C)C)C(C)(C)C(N)=O. The van der Waals surface area contributed by atoms with Crippen molar-refractivity contribution in [2.24, 2.45) is 11.1 Å². The van der Waals surface area contributed by atoms with Crippen molar-refractivity contribution in [3.05, 3.63) is 12.2 Å². The van der Waals surface area contributed by atoms with Gasteiger partial charge in [-0.05, 0) is 45.3 Å². The van der Waals surface area contributed by atoms with E-state index in [1.807, 2.05) is 32.9 Å². The highest BCUT2D eigenvalue weighted by molar-refractivity contribution is 6.74. The molecule has 1 unspecified atom stereocenters. The molecule has 112 valence electrons. The zero-order chi connectivity index (χ0) is 15.5. The van der Waals surface area contributed by atoms with E-state index in [2.05, 4.69) is 33.9 Å². The second-order valence-corrected chi connectivity index (χ2v) is 12.0. The van der Waals surface area contributed by atoms with Gasteiger partial charge >= 0.3 is 0 Å². The third kappa shape index (κ3) is 4.77. The van der Waals surface area contributed by atoms with E-state index in [1.54, 1.807) is 0 Å². The number of hydrogen-bond acceptors (Lipinski definition) is 2. The molecule has 0 aromatic carbocycles. The molecule has 0 saturated heterocycles. The van der Waals surface area contributed by atoms with Gasteiger partial charge in [0.15, 0.2) is 8.32 Å². The highest BCUT2D eigenvalue weighted by Gasteiger charge is 2.44. The zero-order valence-corrected chi connectivity index (χ0v) is 14.8. The molecule has 0 heterocycles. The summed E-state index contributed by atoms with van der Waals surface area (Å²) in [5.41, 5.74) is 4.89. The molecular weight excluding hydrogens is 254 g/mol. The smallest absolute Gasteiger partial charge is 0.225 e. The maximum absolute atomic E-state index is 11.7. The molecule has 0 bridgehead atoms. The van der Waals surface area contributed by atoms with Crippen LogP contribution >= 0.6 is 0 Å². The Morgan fingerprint density at radius 2 is 1.74 bits per heavy atom. The molecule has 0 rings (SSSR count). The average molecular weight is 286 g/mol. The molecule has 2 N–H and O–H groups in total. The van der Waals surface area contributed by atoms with Gasteiger partial charge in [-0.25, -0.2) is 0 Å². The fourth-order valence-corrected chi connectivity index (χ4v) is 2.90. The molecule has 4 heteroatoms. The summed E-state index contributed by atoms with van der Waals surface area (Å²) in [5.74, 6) is -0.305. The number of hydrogen-bond donors (Lipinski definition) is 1. The number of rotatable bonds is 6. The van der Waals surface area contributed by atoms with E-state index in [9.17, 15) is 4.79 Å². The molecule has 1 amide bonds. The molecule has 0 spiro atoms. The molecule has 19 heavy (non-hydrogen) atoms. The molecule has 0 aromatic rings. The summed E-state index contributed by atoms with van der Waals surface area (Å²) >= 11 is 0. The molecule has 0 fully saturated rings. The normalized spacial score (nSPS) is 15.8. The van der Waals surface area contributed by atoms with Crippen molar-refractivity contribution >= 4 is 14.2 Å². The van der Waals surface area contributed by atoms with Crippen LogP contribution in [0.1, 0.15) is 48.0 Å². The first kappa shape index (κ1) is 18.4. The van der Waals surface area contributed by atoms with Crippen LogP contribution in [-0.2, 0) is 9.22 Å². The van der Waals surface area contributed by atoms with Gasteiger partial charge in [-0.2, -0.15) is 0 Å². The van der Waals surface area contributed by atoms with Gasteiger partial charge in [0.05, 0.1) is 11.5 Å². The molecule has 0 aliphatic heterocycles. The van der Waals surface area contributed by atoms with Crippen molar-refractivity contribution in [2.75, 3.05) is 0 Å². The van der Waals surface area contributed by atoms with Gasteiger partial charge in [-0.3, -0.25) is 4.79 Å². The summed E-state index contributed by atoms with van der Waals surface area (Å²) in [5, 5.41) is 0.120. The second kappa shape index (κ2) is 6.22. The fraction of sp³-hybridized carbons (Fsp3) is 0.800. The van der Waals surface area contributed by atoms with Crippen LogP contribution in [0.15, 0.2) is 12.2 Å². The topological polar surface area (TPSA) is 52.3 Å². The van der Waals surface area contributed by atoms with Crippen molar-refractivity contribution in [1.82, 2.24) is 0 Å².